The van der Waals surface area contributed by atoms with Crippen LogP contribution in [0.15, 0.2) is 29.2 Å². The third-order valence-electron chi connectivity index (χ3n) is 4.08. The van der Waals surface area contributed by atoms with Crippen molar-refractivity contribution in [1.29, 1.82) is 0 Å². The number of benzene rings is 1. The Kier molecular flexibility index (Phi) is 6.15. The average molecular weight is 308 g/mol. The maximum Gasteiger partial charge on any atom is 0.0726 e. The minimum atomic E-state index is 0.238. The minimum absolute atomic E-state index is 0.238. The van der Waals surface area contributed by atoms with Gasteiger partial charge in [0.15, 0.2) is 0 Å². The van der Waals surface area contributed by atoms with Crippen LogP contribution in [0.4, 0.5) is 0 Å². The molecule has 1 heterocycles. The van der Waals surface area contributed by atoms with E-state index in [1.807, 2.05) is 11.8 Å². The van der Waals surface area contributed by atoms with Crippen LogP contribution < -0.4 is 5.32 Å². The fraction of sp³-hybridized carbons (Fsp3) is 0.667. The topological polar surface area (TPSA) is 21.3 Å². The molecule has 118 valence electrons. The molecule has 1 N–H and O–H groups in total. The molecule has 0 amide bonds. The molecule has 2 atom stereocenters. The fourth-order valence-corrected chi connectivity index (χ4v) is 3.42. The van der Waals surface area contributed by atoms with E-state index in [0.717, 1.165) is 18.9 Å². The number of hydrogen-bond acceptors (Lipinski definition) is 3. The largest absolute Gasteiger partial charge is 0.377 e. The first-order valence-electron chi connectivity index (χ1n) is 8.05. The molecule has 0 aliphatic carbocycles. The van der Waals surface area contributed by atoms with Crippen molar-refractivity contribution in [3.8, 4) is 0 Å². The summed E-state index contributed by atoms with van der Waals surface area (Å²) in [7, 11) is 0. The first kappa shape index (κ1) is 16.9. The minimum Gasteiger partial charge on any atom is -0.377 e. The molecule has 1 aromatic rings. The Hall–Kier alpha value is -0.510. The molecular weight excluding hydrogens is 278 g/mol. The Morgan fingerprint density at radius 3 is 2.57 bits per heavy atom. The quantitative estimate of drug-likeness (QED) is 0.627. The summed E-state index contributed by atoms with van der Waals surface area (Å²) < 4.78 is 5.71. The molecule has 3 heteroatoms. The highest BCUT2D eigenvalue weighted by Gasteiger charge is 2.21. The van der Waals surface area contributed by atoms with Gasteiger partial charge >= 0.3 is 0 Å². The van der Waals surface area contributed by atoms with Gasteiger partial charge < -0.3 is 10.1 Å². The summed E-state index contributed by atoms with van der Waals surface area (Å²) in [5.74, 6) is 1.10. The molecule has 1 aliphatic rings. The lowest BCUT2D eigenvalue weighted by Crippen LogP contribution is -2.38. The average Bonchev–Trinajstić information content (AvgIpc) is 2.97. The molecule has 1 aliphatic heterocycles. The molecule has 0 saturated carbocycles. The van der Waals surface area contributed by atoms with Crippen LogP contribution in [0.5, 0.6) is 0 Å². The summed E-state index contributed by atoms with van der Waals surface area (Å²) in [6.45, 7) is 11.0. The van der Waals surface area contributed by atoms with Crippen molar-refractivity contribution in [3.63, 3.8) is 0 Å². The second-order valence-electron chi connectivity index (χ2n) is 6.92. The number of ether oxygens (including phenoxy) is 1. The van der Waals surface area contributed by atoms with Crippen molar-refractivity contribution in [2.45, 2.75) is 63.0 Å². The van der Waals surface area contributed by atoms with Crippen LogP contribution in [-0.2, 0) is 10.2 Å². The van der Waals surface area contributed by atoms with Gasteiger partial charge in [-0.05, 0) is 42.9 Å². The number of rotatable bonds is 6. The van der Waals surface area contributed by atoms with Crippen molar-refractivity contribution in [2.24, 2.45) is 0 Å². The lowest BCUT2D eigenvalue weighted by atomic mass is 9.87. The Morgan fingerprint density at radius 1 is 1.29 bits per heavy atom. The number of hydrogen-bond donors (Lipinski definition) is 1. The zero-order chi connectivity index (χ0) is 15.3. The zero-order valence-electron chi connectivity index (χ0n) is 13.8. The molecule has 2 nitrogen and oxygen atoms in total. The van der Waals surface area contributed by atoms with Crippen molar-refractivity contribution < 1.29 is 4.74 Å². The summed E-state index contributed by atoms with van der Waals surface area (Å²) >= 11 is 1.92. The number of thioether (sulfide) groups is 1. The molecule has 0 spiro atoms. The van der Waals surface area contributed by atoms with Crippen molar-refractivity contribution in [2.75, 3.05) is 18.9 Å². The Morgan fingerprint density at radius 2 is 2.00 bits per heavy atom. The Labute approximate surface area is 134 Å². The van der Waals surface area contributed by atoms with Crippen molar-refractivity contribution >= 4 is 11.8 Å². The predicted molar refractivity (Wildman–Crippen MR) is 92.3 cm³/mol. The van der Waals surface area contributed by atoms with Crippen LogP contribution in [0.1, 0.15) is 46.1 Å². The molecule has 21 heavy (non-hydrogen) atoms. The third-order valence-corrected chi connectivity index (χ3v) is 5.09. The van der Waals surface area contributed by atoms with Gasteiger partial charge in [-0.25, -0.2) is 0 Å². The van der Waals surface area contributed by atoms with E-state index in [0.29, 0.717) is 12.1 Å². The summed E-state index contributed by atoms with van der Waals surface area (Å²) in [6, 6.07) is 9.47. The van der Waals surface area contributed by atoms with E-state index in [1.54, 1.807) is 0 Å². The van der Waals surface area contributed by atoms with E-state index in [-0.39, 0.29) is 5.41 Å². The van der Waals surface area contributed by atoms with Gasteiger partial charge in [0.2, 0.25) is 0 Å². The zero-order valence-corrected chi connectivity index (χ0v) is 14.6. The predicted octanol–water partition coefficient (Wildman–Crippen LogP) is 4.23. The maximum atomic E-state index is 5.71. The molecule has 2 unspecified atom stereocenters. The molecule has 1 aromatic carbocycles. The van der Waals surface area contributed by atoms with E-state index >= 15 is 0 Å². The van der Waals surface area contributed by atoms with E-state index in [1.165, 1.54) is 23.3 Å². The van der Waals surface area contributed by atoms with E-state index in [2.05, 4.69) is 57.3 Å². The molecule has 0 aromatic heterocycles. The van der Waals surface area contributed by atoms with E-state index < -0.39 is 0 Å². The monoisotopic (exact) mass is 307 g/mol. The molecule has 1 fully saturated rings. The van der Waals surface area contributed by atoms with E-state index in [9.17, 15) is 0 Å². The highest BCUT2D eigenvalue weighted by molar-refractivity contribution is 7.99. The van der Waals surface area contributed by atoms with Gasteiger partial charge in [0.25, 0.3) is 0 Å². The van der Waals surface area contributed by atoms with Gasteiger partial charge in [0.05, 0.1) is 6.10 Å². The first-order chi connectivity index (χ1) is 9.97. The SMILES string of the molecule is CC(NCCSc1ccc(C(C)(C)C)cc1)C1CCCO1. The van der Waals surface area contributed by atoms with Crippen LogP contribution in [0.3, 0.4) is 0 Å². The van der Waals surface area contributed by atoms with Gasteiger partial charge in [0, 0.05) is 29.8 Å². The van der Waals surface area contributed by atoms with Crippen LogP contribution in [-0.4, -0.2) is 31.1 Å². The maximum absolute atomic E-state index is 5.71. The van der Waals surface area contributed by atoms with Crippen LogP contribution in [0.2, 0.25) is 0 Å². The van der Waals surface area contributed by atoms with Gasteiger partial charge in [-0.3, -0.25) is 0 Å². The molecular formula is C18H29NOS. The molecule has 1 saturated heterocycles. The lowest BCUT2D eigenvalue weighted by molar-refractivity contribution is 0.0844. The molecule has 2 rings (SSSR count). The van der Waals surface area contributed by atoms with Crippen molar-refractivity contribution in [1.82, 2.24) is 5.32 Å². The second-order valence-corrected chi connectivity index (χ2v) is 8.09. The van der Waals surface area contributed by atoms with Crippen LogP contribution >= 0.6 is 11.8 Å². The highest BCUT2D eigenvalue weighted by atomic mass is 32.2. The third kappa shape index (κ3) is 5.32. The highest BCUT2D eigenvalue weighted by Crippen LogP contribution is 2.25. The first-order valence-corrected chi connectivity index (χ1v) is 9.04. The summed E-state index contributed by atoms with van der Waals surface area (Å²) in [5.41, 5.74) is 1.64. The standard InChI is InChI=1S/C18H29NOS/c1-14(17-6-5-12-20-17)19-11-13-21-16-9-7-15(8-10-16)18(2,3)4/h7-10,14,17,19H,5-6,11-13H2,1-4H3. The summed E-state index contributed by atoms with van der Waals surface area (Å²) in [4.78, 5) is 1.36. The van der Waals surface area contributed by atoms with E-state index in [4.69, 9.17) is 4.74 Å². The lowest BCUT2D eigenvalue weighted by Gasteiger charge is -2.20. The second kappa shape index (κ2) is 7.66. The number of nitrogens with one attached hydrogen (secondary N) is 1. The fourth-order valence-electron chi connectivity index (χ4n) is 2.63. The Balaban J connectivity index is 1.68. The normalized spacial score (nSPS) is 20.7. The Bertz CT molecular complexity index is 418. The van der Waals surface area contributed by atoms with Gasteiger partial charge in [-0.1, -0.05) is 32.9 Å². The molecule has 0 radical (unpaired) electrons. The van der Waals surface area contributed by atoms with Gasteiger partial charge in [-0.2, -0.15) is 0 Å². The van der Waals surface area contributed by atoms with Crippen molar-refractivity contribution in [3.05, 3.63) is 29.8 Å². The molecule has 0 bridgehead atoms. The summed E-state index contributed by atoms with van der Waals surface area (Å²) in [5, 5.41) is 3.58. The van der Waals surface area contributed by atoms with Crippen LogP contribution in [0.25, 0.3) is 0 Å². The summed E-state index contributed by atoms with van der Waals surface area (Å²) in [6.07, 6.45) is 2.84. The smallest absolute Gasteiger partial charge is 0.0726 e. The van der Waals surface area contributed by atoms with Gasteiger partial charge in [-0.15, -0.1) is 11.8 Å². The van der Waals surface area contributed by atoms with Gasteiger partial charge in [0.1, 0.15) is 0 Å². The van der Waals surface area contributed by atoms with Crippen LogP contribution in [0, 0.1) is 0 Å².